The third-order valence-corrected chi connectivity index (χ3v) is 3.49. The van der Waals surface area contributed by atoms with Gasteiger partial charge >= 0.3 is 0 Å². The van der Waals surface area contributed by atoms with Gasteiger partial charge in [-0.05, 0) is 42.4 Å². The SMILES string of the molecule is CNC(c1cc(Cl)cc(Br)c1)c1cncc(OC)c1. The van der Waals surface area contributed by atoms with Crippen LogP contribution in [-0.2, 0) is 0 Å². The molecule has 1 aromatic heterocycles. The Bertz CT molecular complexity index is 557. The van der Waals surface area contributed by atoms with Crippen molar-refractivity contribution in [3.63, 3.8) is 0 Å². The Hall–Kier alpha value is -1.10. The lowest BCUT2D eigenvalue weighted by Gasteiger charge is -2.18. The highest BCUT2D eigenvalue weighted by molar-refractivity contribution is 9.10. The summed E-state index contributed by atoms with van der Waals surface area (Å²) in [6, 6.07) is 7.81. The zero-order chi connectivity index (χ0) is 13.8. The quantitative estimate of drug-likeness (QED) is 0.918. The minimum Gasteiger partial charge on any atom is -0.495 e. The molecule has 1 aromatic carbocycles. The van der Waals surface area contributed by atoms with Crippen molar-refractivity contribution in [2.45, 2.75) is 6.04 Å². The second-order valence-corrected chi connectivity index (χ2v) is 5.43. The first kappa shape index (κ1) is 14.3. The minimum atomic E-state index is 0.0117. The average molecular weight is 342 g/mol. The fourth-order valence-corrected chi connectivity index (χ4v) is 2.86. The molecule has 1 heterocycles. The van der Waals surface area contributed by atoms with Crippen molar-refractivity contribution in [3.05, 3.63) is 57.3 Å². The van der Waals surface area contributed by atoms with Crippen molar-refractivity contribution in [2.75, 3.05) is 14.2 Å². The topological polar surface area (TPSA) is 34.2 Å². The Morgan fingerprint density at radius 2 is 2.00 bits per heavy atom. The zero-order valence-corrected chi connectivity index (χ0v) is 13.0. The van der Waals surface area contributed by atoms with E-state index >= 15 is 0 Å². The van der Waals surface area contributed by atoms with E-state index in [2.05, 4.69) is 26.2 Å². The summed E-state index contributed by atoms with van der Waals surface area (Å²) in [6.45, 7) is 0. The summed E-state index contributed by atoms with van der Waals surface area (Å²) < 4.78 is 6.16. The van der Waals surface area contributed by atoms with Crippen LogP contribution in [0, 0.1) is 0 Å². The van der Waals surface area contributed by atoms with Crippen molar-refractivity contribution in [1.82, 2.24) is 10.3 Å². The molecule has 0 spiro atoms. The van der Waals surface area contributed by atoms with Crippen molar-refractivity contribution < 1.29 is 4.74 Å². The number of nitrogens with zero attached hydrogens (tertiary/aromatic N) is 1. The molecule has 1 N–H and O–H groups in total. The molecule has 0 amide bonds. The largest absolute Gasteiger partial charge is 0.495 e. The number of aromatic nitrogens is 1. The molecule has 1 atom stereocenters. The smallest absolute Gasteiger partial charge is 0.137 e. The second-order valence-electron chi connectivity index (χ2n) is 4.08. The van der Waals surface area contributed by atoms with Crippen LogP contribution in [-0.4, -0.2) is 19.1 Å². The fraction of sp³-hybridized carbons (Fsp3) is 0.214. The number of ether oxygens (including phenoxy) is 1. The van der Waals surface area contributed by atoms with Gasteiger partial charge in [-0.1, -0.05) is 27.5 Å². The van der Waals surface area contributed by atoms with Crippen molar-refractivity contribution in [3.8, 4) is 5.75 Å². The van der Waals surface area contributed by atoms with E-state index in [0.717, 1.165) is 21.3 Å². The monoisotopic (exact) mass is 340 g/mol. The van der Waals surface area contributed by atoms with Gasteiger partial charge in [0, 0.05) is 15.7 Å². The number of benzene rings is 1. The molecular formula is C14H14BrClN2O. The summed E-state index contributed by atoms with van der Waals surface area (Å²) >= 11 is 9.56. The maximum atomic E-state index is 6.10. The van der Waals surface area contributed by atoms with Gasteiger partial charge in [0.25, 0.3) is 0 Å². The Labute approximate surface area is 126 Å². The summed E-state index contributed by atoms with van der Waals surface area (Å²) in [5.74, 6) is 0.735. The maximum absolute atomic E-state index is 6.10. The molecule has 2 rings (SSSR count). The highest BCUT2D eigenvalue weighted by atomic mass is 79.9. The zero-order valence-electron chi connectivity index (χ0n) is 10.7. The molecule has 2 aromatic rings. The molecule has 0 radical (unpaired) electrons. The van der Waals surface area contributed by atoms with Crippen LogP contribution >= 0.6 is 27.5 Å². The molecule has 1 unspecified atom stereocenters. The van der Waals surface area contributed by atoms with E-state index in [1.807, 2.05) is 37.5 Å². The van der Waals surface area contributed by atoms with Crippen molar-refractivity contribution in [1.29, 1.82) is 0 Å². The number of pyridine rings is 1. The minimum absolute atomic E-state index is 0.0117. The molecule has 0 aliphatic carbocycles. The summed E-state index contributed by atoms with van der Waals surface area (Å²) in [5.41, 5.74) is 2.09. The lowest BCUT2D eigenvalue weighted by atomic mass is 10.0. The van der Waals surface area contributed by atoms with Crippen LogP contribution < -0.4 is 10.1 Å². The Balaban J connectivity index is 2.43. The summed E-state index contributed by atoms with van der Waals surface area (Å²) in [5, 5.41) is 3.96. The molecule has 0 saturated carbocycles. The van der Waals surface area contributed by atoms with Crippen LogP contribution in [0.4, 0.5) is 0 Å². The first-order valence-corrected chi connectivity index (χ1v) is 6.93. The normalized spacial score (nSPS) is 12.2. The number of hydrogen-bond acceptors (Lipinski definition) is 3. The van der Waals surface area contributed by atoms with Gasteiger partial charge in [-0.2, -0.15) is 0 Å². The second kappa shape index (κ2) is 6.37. The predicted octanol–water partition coefficient (Wildman–Crippen LogP) is 3.81. The summed E-state index contributed by atoms with van der Waals surface area (Å²) in [7, 11) is 3.53. The number of methoxy groups -OCH3 is 1. The lowest BCUT2D eigenvalue weighted by Crippen LogP contribution is -2.18. The van der Waals surface area contributed by atoms with Gasteiger partial charge in [-0.3, -0.25) is 4.98 Å². The van der Waals surface area contributed by atoms with Crippen LogP contribution in [0.25, 0.3) is 0 Å². The molecule has 0 saturated heterocycles. The number of rotatable bonds is 4. The van der Waals surface area contributed by atoms with Crippen LogP contribution in [0.15, 0.2) is 41.1 Å². The predicted molar refractivity (Wildman–Crippen MR) is 80.8 cm³/mol. The first-order chi connectivity index (χ1) is 9.13. The highest BCUT2D eigenvalue weighted by Gasteiger charge is 2.14. The molecule has 0 aliphatic rings. The molecule has 100 valence electrons. The summed E-state index contributed by atoms with van der Waals surface area (Å²) in [6.07, 6.45) is 3.50. The van der Waals surface area contributed by atoms with Gasteiger partial charge in [0.2, 0.25) is 0 Å². The fourth-order valence-electron chi connectivity index (χ4n) is 1.97. The van der Waals surface area contributed by atoms with E-state index in [4.69, 9.17) is 16.3 Å². The molecule has 3 nitrogen and oxygen atoms in total. The van der Waals surface area contributed by atoms with Crippen molar-refractivity contribution in [2.24, 2.45) is 0 Å². The van der Waals surface area contributed by atoms with E-state index in [9.17, 15) is 0 Å². The van der Waals surface area contributed by atoms with Crippen molar-refractivity contribution >= 4 is 27.5 Å². The first-order valence-electron chi connectivity index (χ1n) is 5.76. The molecule has 5 heteroatoms. The molecule has 0 aliphatic heterocycles. The van der Waals surface area contributed by atoms with Crippen LogP contribution in [0.2, 0.25) is 5.02 Å². The van der Waals surface area contributed by atoms with E-state index < -0.39 is 0 Å². The average Bonchev–Trinajstić information content (AvgIpc) is 2.39. The third-order valence-electron chi connectivity index (χ3n) is 2.81. The number of halogens is 2. The maximum Gasteiger partial charge on any atom is 0.137 e. The van der Waals surface area contributed by atoms with E-state index in [1.165, 1.54) is 0 Å². The van der Waals surface area contributed by atoms with Gasteiger partial charge in [-0.15, -0.1) is 0 Å². The standard InChI is InChI=1S/C14H14BrClN2O/c1-17-14(9-3-11(15)6-12(16)4-9)10-5-13(19-2)8-18-7-10/h3-8,14,17H,1-2H3. The van der Waals surface area contributed by atoms with E-state index in [-0.39, 0.29) is 6.04 Å². The Morgan fingerprint density at radius 3 is 2.63 bits per heavy atom. The number of nitrogens with one attached hydrogen (secondary N) is 1. The highest BCUT2D eigenvalue weighted by Crippen LogP contribution is 2.28. The van der Waals surface area contributed by atoms with Gasteiger partial charge in [-0.25, -0.2) is 0 Å². The van der Waals surface area contributed by atoms with Gasteiger partial charge in [0.15, 0.2) is 0 Å². The molecule has 0 fully saturated rings. The lowest BCUT2D eigenvalue weighted by molar-refractivity contribution is 0.411. The van der Waals surface area contributed by atoms with Crippen LogP contribution in [0.1, 0.15) is 17.2 Å². The summed E-state index contributed by atoms with van der Waals surface area (Å²) in [4.78, 5) is 4.18. The Kier molecular flexibility index (Phi) is 4.80. The van der Waals surface area contributed by atoms with Gasteiger partial charge in [0.05, 0.1) is 19.3 Å². The van der Waals surface area contributed by atoms with Crippen LogP contribution in [0.5, 0.6) is 5.75 Å². The van der Waals surface area contributed by atoms with Gasteiger partial charge < -0.3 is 10.1 Å². The Morgan fingerprint density at radius 1 is 1.21 bits per heavy atom. The molecule has 0 bridgehead atoms. The molecular weight excluding hydrogens is 328 g/mol. The third kappa shape index (κ3) is 3.47. The van der Waals surface area contributed by atoms with E-state index in [0.29, 0.717) is 5.02 Å². The van der Waals surface area contributed by atoms with Crippen LogP contribution in [0.3, 0.4) is 0 Å². The molecule has 19 heavy (non-hydrogen) atoms. The van der Waals surface area contributed by atoms with Gasteiger partial charge in [0.1, 0.15) is 5.75 Å². The number of hydrogen-bond donors (Lipinski definition) is 1. The van der Waals surface area contributed by atoms with E-state index in [1.54, 1.807) is 13.3 Å².